The summed E-state index contributed by atoms with van der Waals surface area (Å²) in [6.07, 6.45) is 0. The summed E-state index contributed by atoms with van der Waals surface area (Å²) in [4.78, 5) is 0. The van der Waals surface area contributed by atoms with E-state index in [4.69, 9.17) is 8.85 Å². The topological polar surface area (TPSA) is 18.5 Å². The molecule has 0 aliphatic carbocycles. The van der Waals surface area contributed by atoms with Crippen LogP contribution in [0.25, 0.3) is 21.5 Å². The molecule has 0 saturated carbocycles. The van der Waals surface area contributed by atoms with Crippen LogP contribution in [-0.2, 0) is 26.2 Å². The van der Waals surface area contributed by atoms with Crippen molar-refractivity contribution >= 4 is 78.8 Å². The van der Waals surface area contributed by atoms with Gasteiger partial charge in [0.05, 0.1) is 0 Å². The van der Waals surface area contributed by atoms with Crippen LogP contribution in [-0.4, -0.2) is 26.2 Å². The molecule has 0 N–H and O–H groups in total. The van der Waals surface area contributed by atoms with E-state index in [0.717, 1.165) is 21.0 Å². The zero-order valence-corrected chi connectivity index (χ0v) is 45.5. The molecule has 0 saturated heterocycles. The quantitative estimate of drug-likeness (QED) is 0.100. The Morgan fingerprint density at radius 2 is 0.588 bits per heavy atom. The number of hydrogen-bond acceptors (Lipinski definition) is 2. The molecule has 0 heterocycles. The van der Waals surface area contributed by atoms with Gasteiger partial charge in [0, 0.05) is 11.5 Å². The summed E-state index contributed by atoms with van der Waals surface area (Å²) in [5.41, 5.74) is 0. The predicted molar refractivity (Wildman–Crippen MR) is 293 cm³/mol. The van der Waals surface area contributed by atoms with Crippen LogP contribution >= 0.6 is 0 Å². The van der Waals surface area contributed by atoms with Crippen LogP contribution in [0.4, 0.5) is 0 Å². The molecule has 10 rings (SSSR count). The monoisotopic (exact) mass is 1010 g/mol. The summed E-state index contributed by atoms with van der Waals surface area (Å²) in [5, 5.41) is 12.8. The molecule has 0 aromatic heterocycles. The average Bonchev–Trinajstić information content (AvgIpc) is 3.97. The van der Waals surface area contributed by atoms with Gasteiger partial charge in [0.1, 0.15) is 9.52 Å². The van der Waals surface area contributed by atoms with E-state index in [1.54, 1.807) is 0 Å². The molecule has 0 bridgehead atoms. The van der Waals surface area contributed by atoms with Gasteiger partial charge >= 0.3 is 42.8 Å². The van der Waals surface area contributed by atoms with Gasteiger partial charge in [-0.3, -0.25) is 0 Å². The molecule has 6 heteroatoms. The largest absolute Gasteiger partial charge is 2.00 e. The summed E-state index contributed by atoms with van der Waals surface area (Å²) < 4.78 is 14.1. The maximum atomic E-state index is 7.06. The second-order valence-corrected chi connectivity index (χ2v) is 28.9. The summed E-state index contributed by atoms with van der Waals surface area (Å²) in [6.45, 7) is 13.8. The maximum absolute atomic E-state index is 7.06. The van der Waals surface area contributed by atoms with Gasteiger partial charge in [0.2, 0.25) is 0 Å². The first-order valence-corrected chi connectivity index (χ1v) is 28.1. The Hall–Kier alpha value is -5.89. The molecule has 0 aliphatic heterocycles. The first-order chi connectivity index (χ1) is 32.5. The Bertz CT molecular complexity index is 2690. The number of rotatable bonds is 10. The molecule has 2 nitrogen and oxygen atoms in total. The molecule has 10 aromatic rings. The van der Waals surface area contributed by atoms with Crippen LogP contribution in [0.1, 0.15) is 41.5 Å². The number of fused-ring (bicyclic) bond motifs is 2. The average molecular weight is 1010 g/mol. The normalized spacial score (nSPS) is 11.6. The van der Waals surface area contributed by atoms with Gasteiger partial charge in [-0.1, -0.05) is 246 Å². The van der Waals surface area contributed by atoms with Gasteiger partial charge < -0.3 is 8.85 Å². The minimum atomic E-state index is -2.55. The van der Waals surface area contributed by atoms with Gasteiger partial charge in [0.25, 0.3) is 0 Å². The van der Waals surface area contributed by atoms with E-state index >= 15 is 0 Å². The third-order valence-electron chi connectivity index (χ3n) is 12.4. The summed E-state index contributed by atoms with van der Waals surface area (Å²) >= 11 is 0. The van der Waals surface area contributed by atoms with Crippen LogP contribution in [0.15, 0.2) is 255 Å². The van der Waals surface area contributed by atoms with E-state index < -0.39 is 16.6 Å². The smallest absolute Gasteiger partial charge is 0.550 e. The zero-order valence-electron chi connectivity index (χ0n) is 40.1. The molecular formula is C62H60O2Si3Zr. The number of benzene rings is 8. The van der Waals surface area contributed by atoms with Crippen LogP contribution in [0, 0.1) is 0 Å². The fourth-order valence-electron chi connectivity index (χ4n) is 9.22. The molecule has 336 valence electrons. The Balaban J connectivity index is 0.000000159. The second kappa shape index (κ2) is 22.5. The van der Waals surface area contributed by atoms with E-state index in [-0.39, 0.29) is 36.3 Å². The third-order valence-corrected chi connectivity index (χ3v) is 23.5. The van der Waals surface area contributed by atoms with Crippen LogP contribution in [0.5, 0.6) is 11.5 Å². The SMILES string of the molecule is CC(C)(C)[Si](Oc1cc2ccccc2[cH-]1)(c1ccccc1)c1ccccc1.CC(C)(C)[Si](Oc1cc2ccccc2[cH-]1)(c1ccccc1)c1ccccc1.[Zr+2].c1ccc([Si]c2ccccc2)cc1. The van der Waals surface area contributed by atoms with E-state index in [1.807, 2.05) is 0 Å². The molecule has 2 radical (unpaired) electrons. The third kappa shape index (κ3) is 11.3. The summed E-state index contributed by atoms with van der Waals surface area (Å²) in [7, 11) is -4.33. The van der Waals surface area contributed by atoms with Gasteiger partial charge in [-0.2, -0.15) is 0 Å². The van der Waals surface area contributed by atoms with Crippen molar-refractivity contribution in [3.05, 3.63) is 255 Å². The predicted octanol–water partition coefficient (Wildman–Crippen LogP) is 12.3. The van der Waals surface area contributed by atoms with Crippen LogP contribution in [0.2, 0.25) is 10.1 Å². The molecule has 0 fully saturated rings. The van der Waals surface area contributed by atoms with E-state index in [9.17, 15) is 0 Å². The van der Waals surface area contributed by atoms with Gasteiger partial charge in [0.15, 0.2) is 0 Å². The Morgan fingerprint density at radius 1 is 0.338 bits per heavy atom. The Morgan fingerprint density at radius 3 is 0.853 bits per heavy atom. The minimum Gasteiger partial charge on any atom is -0.550 e. The van der Waals surface area contributed by atoms with Gasteiger partial charge in [-0.05, 0) is 30.8 Å². The molecule has 10 aromatic carbocycles. The molecule has 0 spiro atoms. The van der Waals surface area contributed by atoms with Crippen molar-refractivity contribution in [2.24, 2.45) is 0 Å². The van der Waals surface area contributed by atoms with Crippen molar-refractivity contribution in [3.63, 3.8) is 0 Å². The second-order valence-electron chi connectivity index (χ2n) is 19.0. The first kappa shape index (κ1) is 50.0. The molecule has 0 amide bonds. The van der Waals surface area contributed by atoms with E-state index in [1.165, 1.54) is 52.7 Å². The number of hydrogen-bond donors (Lipinski definition) is 0. The van der Waals surface area contributed by atoms with Gasteiger partial charge in [-0.25, -0.2) is 0 Å². The molecule has 0 unspecified atom stereocenters. The fraction of sp³-hybridized carbons (Fsp3) is 0.129. The molecule has 0 atom stereocenters. The van der Waals surface area contributed by atoms with Crippen molar-refractivity contribution < 1.29 is 35.1 Å². The van der Waals surface area contributed by atoms with Gasteiger partial charge in [-0.15, -0.1) is 82.2 Å². The van der Waals surface area contributed by atoms with E-state index in [0.29, 0.717) is 0 Å². The van der Waals surface area contributed by atoms with Crippen molar-refractivity contribution in [3.8, 4) is 11.5 Å². The van der Waals surface area contributed by atoms with Crippen LogP contribution < -0.4 is 40.0 Å². The van der Waals surface area contributed by atoms with Crippen molar-refractivity contribution in [2.45, 2.75) is 51.6 Å². The zero-order chi connectivity index (χ0) is 46.7. The maximum Gasteiger partial charge on any atom is 2.00 e. The van der Waals surface area contributed by atoms with Crippen molar-refractivity contribution in [2.75, 3.05) is 0 Å². The molecule has 0 aliphatic rings. The molecular weight excluding hydrogens is 952 g/mol. The standard InChI is InChI=1S/2C25H25OSi.C12H10Si.Zr/c2*1-25(2,3)27(23-14-6-4-7-15-23,24-16-8-5-9-17-24)26-22-18-20-12-10-11-13-21(20)19-22;1-3-7-11(8-4-1)13-12-9-5-2-6-10-12;/h2*4-19H,1-3H3;1-10H;/q2*-1;;+2. The summed E-state index contributed by atoms with van der Waals surface area (Å²) in [6, 6.07) is 89.9. The van der Waals surface area contributed by atoms with Crippen molar-refractivity contribution in [1.82, 2.24) is 0 Å². The van der Waals surface area contributed by atoms with E-state index in [2.05, 4.69) is 296 Å². The van der Waals surface area contributed by atoms with Crippen LogP contribution in [0.3, 0.4) is 0 Å². The first-order valence-electron chi connectivity index (χ1n) is 23.2. The fourth-order valence-corrected chi connectivity index (χ4v) is 19.1. The molecule has 68 heavy (non-hydrogen) atoms. The minimum absolute atomic E-state index is 0. The Labute approximate surface area is 428 Å². The summed E-state index contributed by atoms with van der Waals surface area (Å²) in [5.74, 6) is 1.93. The Kier molecular flexibility index (Phi) is 16.5. The van der Waals surface area contributed by atoms with Crippen molar-refractivity contribution in [1.29, 1.82) is 0 Å².